The highest BCUT2D eigenvalue weighted by Crippen LogP contribution is 2.19. The topological polar surface area (TPSA) is 86.8 Å². The van der Waals surface area contributed by atoms with Crippen LogP contribution in [0.2, 0.25) is 5.02 Å². The van der Waals surface area contributed by atoms with Crippen LogP contribution in [0, 0.1) is 6.92 Å². The van der Waals surface area contributed by atoms with E-state index in [1.54, 1.807) is 0 Å². The van der Waals surface area contributed by atoms with Gasteiger partial charge in [-0.05, 0) is 49.6 Å². The van der Waals surface area contributed by atoms with Crippen LogP contribution in [0.4, 0.5) is 0 Å². The van der Waals surface area contributed by atoms with E-state index < -0.39 is 28.5 Å². The monoisotopic (exact) mass is 507 g/mol. The molecule has 0 fully saturated rings. The molecule has 0 heterocycles. The Morgan fingerprint density at radius 2 is 1.76 bits per heavy atom. The van der Waals surface area contributed by atoms with Crippen molar-refractivity contribution in [2.75, 3.05) is 20.1 Å². The van der Waals surface area contributed by atoms with Gasteiger partial charge in [0.15, 0.2) is 0 Å². The minimum absolute atomic E-state index is 0.0433. The Labute approximate surface area is 208 Å². The van der Waals surface area contributed by atoms with E-state index in [0.29, 0.717) is 18.0 Å². The van der Waals surface area contributed by atoms with Gasteiger partial charge in [-0.3, -0.25) is 9.59 Å². The van der Waals surface area contributed by atoms with Crippen molar-refractivity contribution in [1.82, 2.24) is 14.5 Å². The molecular formula is C25H34ClN3O4S. The molecule has 0 aliphatic heterocycles. The molecule has 0 bridgehead atoms. The zero-order valence-corrected chi connectivity index (χ0v) is 21.8. The lowest BCUT2D eigenvalue weighted by Crippen LogP contribution is -2.51. The largest absolute Gasteiger partial charge is 0.354 e. The molecule has 9 heteroatoms. The number of nitrogens with zero attached hydrogens (tertiary/aromatic N) is 2. The van der Waals surface area contributed by atoms with Crippen LogP contribution < -0.4 is 5.32 Å². The van der Waals surface area contributed by atoms with Gasteiger partial charge in [0.1, 0.15) is 6.04 Å². The third kappa shape index (κ3) is 7.55. The van der Waals surface area contributed by atoms with Crippen LogP contribution in [0.15, 0.2) is 53.4 Å². The van der Waals surface area contributed by atoms with Crippen LogP contribution >= 0.6 is 11.6 Å². The highest BCUT2D eigenvalue weighted by Gasteiger charge is 2.31. The fourth-order valence-corrected chi connectivity index (χ4v) is 4.83. The maximum absolute atomic E-state index is 13.4. The standard InChI is InChI=1S/C25H34ClN3O4S/c1-5-7-15-27-25(31)23(6-2)29(17-20-10-8-9-19(3)16-20)24(30)18-28(4)34(32,33)22-13-11-21(26)12-14-22/h8-14,16,23H,5-7,15,17-18H2,1-4H3,(H,27,31). The zero-order chi connectivity index (χ0) is 25.3. The fourth-order valence-electron chi connectivity index (χ4n) is 3.59. The summed E-state index contributed by atoms with van der Waals surface area (Å²) in [7, 11) is -2.55. The third-order valence-corrected chi connectivity index (χ3v) is 7.60. The van der Waals surface area contributed by atoms with Crippen LogP contribution in [0.1, 0.15) is 44.2 Å². The Morgan fingerprint density at radius 3 is 2.35 bits per heavy atom. The minimum Gasteiger partial charge on any atom is -0.354 e. The van der Waals surface area contributed by atoms with Crippen molar-refractivity contribution in [3.05, 3.63) is 64.7 Å². The summed E-state index contributed by atoms with van der Waals surface area (Å²) in [5, 5.41) is 3.32. The molecule has 1 atom stereocenters. The minimum atomic E-state index is -3.91. The number of halogens is 1. The molecule has 0 saturated heterocycles. The van der Waals surface area contributed by atoms with E-state index in [4.69, 9.17) is 11.6 Å². The van der Waals surface area contributed by atoms with Crippen LogP contribution in [0.25, 0.3) is 0 Å². The van der Waals surface area contributed by atoms with Crippen molar-refractivity contribution < 1.29 is 18.0 Å². The number of hydrogen-bond acceptors (Lipinski definition) is 4. The zero-order valence-electron chi connectivity index (χ0n) is 20.3. The average Bonchev–Trinajstić information content (AvgIpc) is 2.79. The molecule has 0 aliphatic carbocycles. The number of rotatable bonds is 12. The van der Waals surface area contributed by atoms with Gasteiger partial charge in [0.05, 0.1) is 11.4 Å². The maximum atomic E-state index is 13.4. The molecule has 0 saturated carbocycles. The van der Waals surface area contributed by atoms with E-state index in [9.17, 15) is 18.0 Å². The molecule has 0 aromatic heterocycles. The first-order valence-electron chi connectivity index (χ1n) is 11.4. The number of carbonyl (C=O) groups is 2. The van der Waals surface area contributed by atoms with Gasteiger partial charge >= 0.3 is 0 Å². The first-order valence-corrected chi connectivity index (χ1v) is 13.3. The van der Waals surface area contributed by atoms with Gasteiger partial charge in [-0.15, -0.1) is 0 Å². The van der Waals surface area contributed by atoms with Crippen LogP contribution in [0.5, 0.6) is 0 Å². The first-order chi connectivity index (χ1) is 16.1. The van der Waals surface area contributed by atoms with Gasteiger partial charge in [0, 0.05) is 25.2 Å². The summed E-state index contributed by atoms with van der Waals surface area (Å²) >= 11 is 5.87. The molecule has 2 aromatic carbocycles. The Balaban J connectivity index is 2.29. The van der Waals surface area contributed by atoms with Gasteiger partial charge in [-0.25, -0.2) is 8.42 Å². The fraction of sp³-hybridized carbons (Fsp3) is 0.440. The average molecular weight is 508 g/mol. The normalized spacial score (nSPS) is 12.4. The van der Waals surface area contributed by atoms with Gasteiger partial charge in [0.2, 0.25) is 21.8 Å². The predicted molar refractivity (Wildman–Crippen MR) is 135 cm³/mol. The number of aryl methyl sites for hydroxylation is 1. The van der Waals surface area contributed by atoms with Gasteiger partial charge in [-0.2, -0.15) is 4.31 Å². The summed E-state index contributed by atoms with van der Waals surface area (Å²) in [6, 6.07) is 12.8. The number of nitrogens with one attached hydrogen (secondary N) is 1. The van der Waals surface area contributed by atoms with E-state index in [-0.39, 0.29) is 17.3 Å². The number of hydrogen-bond donors (Lipinski definition) is 1. The van der Waals surface area contributed by atoms with E-state index >= 15 is 0 Å². The smallest absolute Gasteiger partial charge is 0.243 e. The first kappa shape index (κ1) is 27.8. The summed E-state index contributed by atoms with van der Waals surface area (Å²) in [5.74, 6) is -0.681. The van der Waals surface area contributed by atoms with Crippen molar-refractivity contribution in [3.63, 3.8) is 0 Å². The number of carbonyl (C=O) groups excluding carboxylic acids is 2. The lowest BCUT2D eigenvalue weighted by atomic mass is 10.1. The Bertz CT molecular complexity index is 1070. The molecule has 2 rings (SSSR count). The third-order valence-electron chi connectivity index (χ3n) is 5.53. The van der Waals surface area contributed by atoms with E-state index in [0.717, 1.165) is 28.3 Å². The summed E-state index contributed by atoms with van der Waals surface area (Å²) < 4.78 is 27.0. The Morgan fingerprint density at radius 1 is 1.09 bits per heavy atom. The summed E-state index contributed by atoms with van der Waals surface area (Å²) in [6.45, 7) is 6.17. The van der Waals surface area contributed by atoms with Gasteiger partial charge in [-0.1, -0.05) is 61.7 Å². The molecule has 0 radical (unpaired) electrons. The Kier molecular flexibility index (Phi) is 10.5. The highest BCUT2D eigenvalue weighted by molar-refractivity contribution is 7.89. The molecule has 2 aromatic rings. The van der Waals surface area contributed by atoms with Crippen molar-refractivity contribution in [1.29, 1.82) is 0 Å². The van der Waals surface area contributed by atoms with Gasteiger partial charge in [0.25, 0.3) is 0 Å². The second kappa shape index (κ2) is 12.9. The number of amides is 2. The van der Waals surface area contributed by atoms with Crippen LogP contribution in [-0.2, 0) is 26.2 Å². The summed E-state index contributed by atoms with van der Waals surface area (Å²) in [5.41, 5.74) is 1.91. The molecular weight excluding hydrogens is 474 g/mol. The molecule has 1 N–H and O–H groups in total. The van der Waals surface area contributed by atoms with Crippen molar-refractivity contribution in [2.45, 2.75) is 57.5 Å². The number of likely N-dealkylation sites (N-methyl/N-ethyl adjacent to an activating group) is 1. The van der Waals surface area contributed by atoms with Crippen LogP contribution in [0.3, 0.4) is 0 Å². The second-order valence-electron chi connectivity index (χ2n) is 8.29. The SMILES string of the molecule is CCCCNC(=O)C(CC)N(Cc1cccc(C)c1)C(=O)CN(C)S(=O)(=O)c1ccc(Cl)cc1. The molecule has 0 spiro atoms. The second-order valence-corrected chi connectivity index (χ2v) is 10.8. The molecule has 34 heavy (non-hydrogen) atoms. The quantitative estimate of drug-likeness (QED) is 0.440. The maximum Gasteiger partial charge on any atom is 0.243 e. The van der Waals surface area contributed by atoms with E-state index in [1.165, 1.54) is 36.2 Å². The van der Waals surface area contributed by atoms with E-state index in [1.807, 2.05) is 45.0 Å². The number of unbranched alkanes of at least 4 members (excludes halogenated alkanes) is 1. The van der Waals surface area contributed by atoms with Gasteiger partial charge < -0.3 is 10.2 Å². The van der Waals surface area contributed by atoms with Crippen molar-refractivity contribution >= 4 is 33.4 Å². The van der Waals surface area contributed by atoms with Crippen LogP contribution in [-0.4, -0.2) is 55.6 Å². The van der Waals surface area contributed by atoms with Crippen molar-refractivity contribution in [3.8, 4) is 0 Å². The molecule has 1 unspecified atom stereocenters. The summed E-state index contributed by atoms with van der Waals surface area (Å²) in [4.78, 5) is 27.9. The lowest BCUT2D eigenvalue weighted by molar-refractivity contribution is -0.141. The molecule has 0 aliphatic rings. The predicted octanol–water partition coefficient (Wildman–Crippen LogP) is 3.99. The Hall–Kier alpha value is -2.42. The summed E-state index contributed by atoms with van der Waals surface area (Å²) in [6.07, 6.45) is 2.19. The highest BCUT2D eigenvalue weighted by atomic mass is 35.5. The number of benzene rings is 2. The molecule has 2 amide bonds. The van der Waals surface area contributed by atoms with Crippen molar-refractivity contribution in [2.24, 2.45) is 0 Å². The lowest BCUT2D eigenvalue weighted by Gasteiger charge is -2.32. The molecule has 186 valence electrons. The molecule has 7 nitrogen and oxygen atoms in total. The van der Waals surface area contributed by atoms with E-state index in [2.05, 4.69) is 5.32 Å². The number of sulfonamides is 1.